The minimum atomic E-state index is 0.600. The van der Waals surface area contributed by atoms with E-state index in [4.69, 9.17) is 0 Å². The van der Waals surface area contributed by atoms with Crippen LogP contribution in [0.25, 0.3) is 0 Å². The molecule has 4 heterocycles. The van der Waals surface area contributed by atoms with Gasteiger partial charge in [0.1, 0.15) is 0 Å². The van der Waals surface area contributed by atoms with Gasteiger partial charge < -0.3 is 0 Å². The number of hydrogen-bond acceptors (Lipinski definition) is 3. The van der Waals surface area contributed by atoms with Crippen LogP contribution in [0.3, 0.4) is 0 Å². The molecule has 106 valence electrons. The van der Waals surface area contributed by atoms with Crippen molar-refractivity contribution in [2.24, 2.45) is 0 Å². The van der Waals surface area contributed by atoms with E-state index < -0.39 is 0 Å². The first kappa shape index (κ1) is 12.1. The van der Waals surface area contributed by atoms with E-state index in [1.165, 1.54) is 25.7 Å². The first-order valence-corrected chi connectivity index (χ1v) is 7.62. The molecule has 20 heavy (non-hydrogen) atoms. The number of hydrogen-bond donors (Lipinski definition) is 0. The molecular formula is C15H21N5. The van der Waals surface area contributed by atoms with Crippen LogP contribution in [0.4, 0.5) is 0 Å². The Morgan fingerprint density at radius 3 is 2.25 bits per heavy atom. The Balaban J connectivity index is 1.41. The van der Waals surface area contributed by atoms with Crippen molar-refractivity contribution in [2.45, 2.75) is 50.4 Å². The normalized spacial score (nSPS) is 29.9. The predicted octanol–water partition coefficient (Wildman–Crippen LogP) is 1.95. The van der Waals surface area contributed by atoms with E-state index in [0.29, 0.717) is 6.04 Å². The molecule has 2 aliphatic heterocycles. The molecule has 2 aliphatic rings. The Bertz CT molecular complexity index is 519. The van der Waals surface area contributed by atoms with Crippen LogP contribution in [0.2, 0.25) is 0 Å². The highest BCUT2D eigenvalue weighted by atomic mass is 15.3. The molecule has 0 aromatic carbocycles. The van der Waals surface area contributed by atoms with E-state index in [-0.39, 0.29) is 0 Å². The van der Waals surface area contributed by atoms with Crippen molar-refractivity contribution >= 4 is 0 Å². The zero-order chi connectivity index (χ0) is 13.4. The molecule has 2 saturated heterocycles. The molecule has 2 fully saturated rings. The van der Waals surface area contributed by atoms with Crippen LogP contribution in [0.5, 0.6) is 0 Å². The maximum atomic E-state index is 4.43. The summed E-state index contributed by atoms with van der Waals surface area (Å²) >= 11 is 0. The smallest absolute Gasteiger partial charge is 0.0549 e. The minimum Gasteiger partial charge on any atom is -0.295 e. The summed E-state index contributed by atoms with van der Waals surface area (Å²) in [4.78, 5) is 2.71. The van der Waals surface area contributed by atoms with Crippen molar-refractivity contribution in [3.05, 3.63) is 36.9 Å². The van der Waals surface area contributed by atoms with Gasteiger partial charge in [-0.1, -0.05) is 0 Å². The van der Waals surface area contributed by atoms with Crippen LogP contribution in [0.15, 0.2) is 36.9 Å². The van der Waals surface area contributed by atoms with Gasteiger partial charge in [0.05, 0.1) is 12.6 Å². The van der Waals surface area contributed by atoms with Gasteiger partial charge in [-0.3, -0.25) is 14.3 Å². The van der Waals surface area contributed by atoms with Gasteiger partial charge in [0.25, 0.3) is 0 Å². The molecule has 0 aliphatic carbocycles. The SMILES string of the molecule is c1cnn(CCN2C3CCC2CC(n2cccn2)C3)c1. The first-order valence-electron chi connectivity index (χ1n) is 7.62. The van der Waals surface area contributed by atoms with Gasteiger partial charge in [-0.2, -0.15) is 10.2 Å². The van der Waals surface area contributed by atoms with Crippen LogP contribution in [-0.4, -0.2) is 43.1 Å². The molecule has 0 N–H and O–H groups in total. The fraction of sp³-hybridized carbons (Fsp3) is 0.600. The minimum absolute atomic E-state index is 0.600. The zero-order valence-corrected chi connectivity index (χ0v) is 11.7. The molecule has 5 nitrogen and oxygen atoms in total. The van der Waals surface area contributed by atoms with Crippen LogP contribution >= 0.6 is 0 Å². The molecule has 0 radical (unpaired) electrons. The van der Waals surface area contributed by atoms with Crippen LogP contribution in [0.1, 0.15) is 31.7 Å². The topological polar surface area (TPSA) is 38.9 Å². The molecule has 2 bridgehead atoms. The maximum absolute atomic E-state index is 4.43. The molecule has 2 aromatic rings. The molecular weight excluding hydrogens is 250 g/mol. The monoisotopic (exact) mass is 271 g/mol. The second kappa shape index (κ2) is 5.05. The lowest BCUT2D eigenvalue weighted by atomic mass is 9.97. The van der Waals surface area contributed by atoms with Crippen molar-refractivity contribution in [2.75, 3.05) is 6.54 Å². The third-order valence-corrected chi connectivity index (χ3v) is 4.90. The molecule has 0 amide bonds. The number of rotatable bonds is 4. The van der Waals surface area contributed by atoms with Crippen LogP contribution in [-0.2, 0) is 6.54 Å². The molecule has 2 unspecified atom stereocenters. The third-order valence-electron chi connectivity index (χ3n) is 4.90. The van der Waals surface area contributed by atoms with Gasteiger partial charge in [0.2, 0.25) is 0 Å². The summed E-state index contributed by atoms with van der Waals surface area (Å²) in [6, 6.07) is 6.10. The van der Waals surface area contributed by atoms with E-state index in [9.17, 15) is 0 Å². The molecule has 4 rings (SSSR count). The number of piperidine rings is 1. The largest absolute Gasteiger partial charge is 0.295 e. The Hall–Kier alpha value is -1.62. The van der Waals surface area contributed by atoms with Gasteiger partial charge in [-0.05, 0) is 37.8 Å². The highest BCUT2D eigenvalue weighted by Crippen LogP contribution is 2.40. The standard InChI is InChI=1S/C15H21N5/c1-5-16-18(7-1)9-10-19-13-3-4-14(19)12-15(11-13)20-8-2-6-17-20/h1-2,5-8,13-15H,3-4,9-12H2. The molecule has 2 aromatic heterocycles. The second-order valence-electron chi connectivity index (χ2n) is 6.00. The molecule has 0 saturated carbocycles. The van der Waals surface area contributed by atoms with E-state index in [1.807, 2.05) is 29.2 Å². The fourth-order valence-electron chi connectivity index (χ4n) is 3.97. The summed E-state index contributed by atoms with van der Waals surface area (Å²) in [6.45, 7) is 2.13. The van der Waals surface area contributed by atoms with E-state index in [0.717, 1.165) is 25.2 Å². The summed E-state index contributed by atoms with van der Waals surface area (Å²) in [6.07, 6.45) is 13.1. The van der Waals surface area contributed by atoms with E-state index in [1.54, 1.807) is 0 Å². The fourth-order valence-corrected chi connectivity index (χ4v) is 3.97. The zero-order valence-electron chi connectivity index (χ0n) is 11.7. The van der Waals surface area contributed by atoms with E-state index >= 15 is 0 Å². The average Bonchev–Trinajstić information content (AvgIpc) is 3.18. The Morgan fingerprint density at radius 2 is 1.60 bits per heavy atom. The lowest BCUT2D eigenvalue weighted by Gasteiger charge is -2.39. The van der Waals surface area contributed by atoms with Gasteiger partial charge in [-0.15, -0.1) is 0 Å². The summed E-state index contributed by atoms with van der Waals surface area (Å²) in [5, 5.41) is 8.73. The van der Waals surface area contributed by atoms with E-state index in [2.05, 4.69) is 32.2 Å². The van der Waals surface area contributed by atoms with Crippen LogP contribution < -0.4 is 0 Å². The number of aromatic nitrogens is 4. The highest BCUT2D eigenvalue weighted by Gasteiger charge is 2.40. The van der Waals surface area contributed by atoms with Crippen molar-refractivity contribution in [1.29, 1.82) is 0 Å². The van der Waals surface area contributed by atoms with Crippen molar-refractivity contribution < 1.29 is 0 Å². The third kappa shape index (κ3) is 2.16. The number of nitrogens with zero attached hydrogens (tertiary/aromatic N) is 5. The Morgan fingerprint density at radius 1 is 0.850 bits per heavy atom. The molecule has 2 atom stereocenters. The lowest BCUT2D eigenvalue weighted by Crippen LogP contribution is -2.44. The van der Waals surface area contributed by atoms with Gasteiger partial charge in [0, 0.05) is 43.4 Å². The van der Waals surface area contributed by atoms with Crippen molar-refractivity contribution in [3.8, 4) is 0 Å². The van der Waals surface area contributed by atoms with Gasteiger partial charge in [0.15, 0.2) is 0 Å². The average molecular weight is 271 g/mol. The quantitative estimate of drug-likeness (QED) is 0.853. The predicted molar refractivity (Wildman–Crippen MR) is 76.2 cm³/mol. The van der Waals surface area contributed by atoms with Crippen molar-refractivity contribution in [3.63, 3.8) is 0 Å². The molecule has 0 spiro atoms. The number of fused-ring (bicyclic) bond motifs is 2. The van der Waals surface area contributed by atoms with Gasteiger partial charge >= 0.3 is 0 Å². The molecule has 5 heteroatoms. The Kier molecular flexibility index (Phi) is 3.07. The van der Waals surface area contributed by atoms with Crippen LogP contribution in [0, 0.1) is 0 Å². The second-order valence-corrected chi connectivity index (χ2v) is 6.00. The summed E-state index contributed by atoms with van der Waals surface area (Å²) in [7, 11) is 0. The summed E-state index contributed by atoms with van der Waals surface area (Å²) in [5.74, 6) is 0. The lowest BCUT2D eigenvalue weighted by molar-refractivity contribution is 0.0974. The summed E-state index contributed by atoms with van der Waals surface area (Å²) in [5.41, 5.74) is 0. The van der Waals surface area contributed by atoms with Gasteiger partial charge in [-0.25, -0.2) is 0 Å². The Labute approximate surface area is 119 Å². The highest BCUT2D eigenvalue weighted by molar-refractivity contribution is 4.97. The maximum Gasteiger partial charge on any atom is 0.0549 e. The first-order chi connectivity index (χ1) is 9.90. The van der Waals surface area contributed by atoms with Crippen molar-refractivity contribution in [1.82, 2.24) is 24.5 Å². The summed E-state index contributed by atoms with van der Waals surface area (Å²) < 4.78 is 4.20.